The van der Waals surface area contributed by atoms with E-state index in [1.54, 1.807) is 14.2 Å². The number of aromatic amines is 1. The van der Waals surface area contributed by atoms with Gasteiger partial charge in [0.1, 0.15) is 21.2 Å². The van der Waals surface area contributed by atoms with Gasteiger partial charge in [-0.3, -0.25) is 4.79 Å². The number of hydrogen-bond donors (Lipinski definition) is 3. The van der Waals surface area contributed by atoms with Gasteiger partial charge in [-0.25, -0.2) is 4.98 Å². The molecule has 0 aliphatic carbocycles. The quantitative estimate of drug-likeness (QED) is 0.197. The Bertz CT molecular complexity index is 1840. The molecule has 7 nitrogen and oxygen atoms in total. The molecule has 0 saturated carbocycles. The molecule has 3 heterocycles. The van der Waals surface area contributed by atoms with Crippen LogP contribution in [-0.2, 0) is 6.42 Å². The largest absolute Gasteiger partial charge is 0.497 e. The number of nitrogen functional groups attached to an aromatic ring is 1. The summed E-state index contributed by atoms with van der Waals surface area (Å²) in [6.07, 6.45) is 2.69. The highest BCUT2D eigenvalue weighted by atomic mass is 32.1. The second-order valence-electron chi connectivity index (χ2n) is 9.38. The van der Waals surface area contributed by atoms with E-state index in [-0.39, 0.29) is 5.91 Å². The van der Waals surface area contributed by atoms with Crippen molar-refractivity contribution in [1.82, 2.24) is 15.3 Å². The monoisotopic (exact) mass is 548 g/mol. The average Bonchev–Trinajstić information content (AvgIpc) is 3.57. The molecule has 0 spiro atoms. The number of nitrogens with zero attached hydrogens (tertiary/aromatic N) is 1. The number of methoxy groups -OCH3 is 2. The number of aromatic nitrogens is 2. The van der Waals surface area contributed by atoms with Gasteiger partial charge >= 0.3 is 0 Å². The van der Waals surface area contributed by atoms with Crippen molar-refractivity contribution in [1.29, 1.82) is 0 Å². The van der Waals surface area contributed by atoms with Crippen LogP contribution in [0.15, 0.2) is 85.1 Å². The van der Waals surface area contributed by atoms with Crippen LogP contribution in [0.3, 0.4) is 0 Å². The lowest BCUT2D eigenvalue weighted by atomic mass is 9.98. The molecule has 0 atom stereocenters. The van der Waals surface area contributed by atoms with E-state index >= 15 is 0 Å². The molecule has 3 aromatic carbocycles. The third-order valence-electron chi connectivity index (χ3n) is 7.03. The summed E-state index contributed by atoms with van der Waals surface area (Å²) in [5.74, 6) is 1.14. The highest BCUT2D eigenvalue weighted by Crippen LogP contribution is 2.44. The minimum Gasteiger partial charge on any atom is -0.497 e. The first-order valence-corrected chi connectivity index (χ1v) is 13.7. The maximum Gasteiger partial charge on any atom is 0.263 e. The molecular formula is C32H28N4O3S. The lowest BCUT2D eigenvalue weighted by molar-refractivity contribution is 0.0959. The normalized spacial score (nSPS) is 11.2. The summed E-state index contributed by atoms with van der Waals surface area (Å²) in [4.78, 5) is 22.7. The Morgan fingerprint density at radius 3 is 2.58 bits per heavy atom. The number of H-pyrrole nitrogens is 1. The van der Waals surface area contributed by atoms with E-state index in [1.165, 1.54) is 11.3 Å². The molecule has 0 fully saturated rings. The summed E-state index contributed by atoms with van der Waals surface area (Å²) < 4.78 is 11.2. The number of pyridine rings is 1. The van der Waals surface area contributed by atoms with E-state index in [0.717, 1.165) is 44.2 Å². The molecule has 3 aromatic heterocycles. The Kier molecular flexibility index (Phi) is 6.84. The predicted octanol–water partition coefficient (Wildman–Crippen LogP) is 6.68. The molecule has 0 unspecified atom stereocenters. The number of hydrogen-bond acceptors (Lipinski definition) is 6. The summed E-state index contributed by atoms with van der Waals surface area (Å²) in [6.45, 7) is 0.480. The van der Waals surface area contributed by atoms with Crippen LogP contribution < -0.4 is 20.5 Å². The van der Waals surface area contributed by atoms with Crippen LogP contribution in [0.1, 0.15) is 15.2 Å². The Morgan fingerprint density at radius 2 is 1.77 bits per heavy atom. The molecule has 8 heteroatoms. The molecule has 200 valence electrons. The van der Waals surface area contributed by atoms with Crippen molar-refractivity contribution in [3.8, 4) is 33.9 Å². The van der Waals surface area contributed by atoms with Crippen LogP contribution in [0, 0.1) is 0 Å². The Morgan fingerprint density at radius 1 is 0.975 bits per heavy atom. The number of anilines is 1. The summed E-state index contributed by atoms with van der Waals surface area (Å²) >= 11 is 1.30. The fraction of sp³-hybridized carbons (Fsp3) is 0.125. The second-order valence-corrected chi connectivity index (χ2v) is 10.4. The lowest BCUT2D eigenvalue weighted by Gasteiger charge is -2.14. The number of rotatable bonds is 8. The standard InChI is InChI=1S/C32H28N4O3S/c1-38-21-12-13-27(39-2)23(16-21)24-17-26(19-8-4-3-5-9-19)36-32-28(24)29(33)30(40-32)31(37)34-15-14-20-18-35-25-11-7-6-10-22(20)25/h3-13,16-18,35H,14-15,33H2,1-2H3,(H,34,37). The van der Waals surface area contributed by atoms with Crippen molar-refractivity contribution in [2.75, 3.05) is 26.5 Å². The highest BCUT2D eigenvalue weighted by molar-refractivity contribution is 7.21. The Labute approximate surface area is 235 Å². The maximum absolute atomic E-state index is 13.4. The number of nitrogens with one attached hydrogen (secondary N) is 2. The average molecular weight is 549 g/mol. The Hall–Kier alpha value is -4.82. The van der Waals surface area contributed by atoms with Gasteiger partial charge in [-0.2, -0.15) is 0 Å². The molecule has 1 amide bonds. The first-order chi connectivity index (χ1) is 19.6. The number of nitrogens with two attached hydrogens (primary N) is 1. The number of amides is 1. The molecular weight excluding hydrogens is 520 g/mol. The van der Waals surface area contributed by atoms with Gasteiger partial charge in [-0.05, 0) is 42.3 Å². The van der Waals surface area contributed by atoms with Crippen molar-refractivity contribution in [3.63, 3.8) is 0 Å². The minimum absolute atomic E-state index is 0.217. The highest BCUT2D eigenvalue weighted by Gasteiger charge is 2.23. The smallest absolute Gasteiger partial charge is 0.263 e. The molecule has 4 N–H and O–H groups in total. The first-order valence-electron chi connectivity index (χ1n) is 12.9. The van der Waals surface area contributed by atoms with Crippen molar-refractivity contribution in [2.24, 2.45) is 0 Å². The van der Waals surface area contributed by atoms with Crippen molar-refractivity contribution < 1.29 is 14.3 Å². The van der Waals surface area contributed by atoms with Gasteiger partial charge in [0.15, 0.2) is 0 Å². The summed E-state index contributed by atoms with van der Waals surface area (Å²) in [7, 11) is 3.26. The SMILES string of the molecule is COc1ccc(OC)c(-c2cc(-c3ccccc3)nc3sc(C(=O)NCCc4c[nH]c5ccccc45)c(N)c23)c1. The lowest BCUT2D eigenvalue weighted by Crippen LogP contribution is -2.25. The van der Waals surface area contributed by atoms with E-state index in [0.29, 0.717) is 39.9 Å². The van der Waals surface area contributed by atoms with E-state index < -0.39 is 0 Å². The van der Waals surface area contributed by atoms with Crippen molar-refractivity contribution >= 4 is 44.1 Å². The fourth-order valence-corrected chi connectivity index (χ4v) is 6.05. The number of para-hydroxylation sites is 1. The van der Waals surface area contributed by atoms with E-state index in [9.17, 15) is 4.79 Å². The summed E-state index contributed by atoms with van der Waals surface area (Å²) in [5, 5.41) is 4.94. The first kappa shape index (κ1) is 25.5. The van der Waals surface area contributed by atoms with Gasteiger partial charge in [-0.15, -0.1) is 11.3 Å². The topological polar surface area (TPSA) is 102 Å². The molecule has 40 heavy (non-hydrogen) atoms. The van der Waals surface area contributed by atoms with Crippen molar-refractivity contribution in [3.05, 3.63) is 95.5 Å². The molecule has 0 bridgehead atoms. The molecule has 0 saturated heterocycles. The molecule has 0 aliphatic rings. The molecule has 0 radical (unpaired) electrons. The number of thiophene rings is 1. The number of benzene rings is 3. The van der Waals surface area contributed by atoms with E-state index in [4.69, 9.17) is 20.2 Å². The van der Waals surface area contributed by atoms with Gasteiger partial charge in [0.25, 0.3) is 5.91 Å². The molecule has 6 aromatic rings. The molecule has 6 rings (SSSR count). The van der Waals surface area contributed by atoms with Gasteiger partial charge in [0.2, 0.25) is 0 Å². The number of carbonyl (C=O) groups is 1. The zero-order valence-corrected chi connectivity index (χ0v) is 23.0. The van der Waals surface area contributed by atoms with Gasteiger partial charge < -0.3 is 25.5 Å². The zero-order valence-electron chi connectivity index (χ0n) is 22.2. The van der Waals surface area contributed by atoms with Crippen LogP contribution in [-0.4, -0.2) is 36.6 Å². The number of carbonyl (C=O) groups excluding carboxylic acids is 1. The number of ether oxygens (including phenoxy) is 2. The van der Waals surface area contributed by atoms with Gasteiger partial charge in [0.05, 0.1) is 25.6 Å². The van der Waals surface area contributed by atoms with Gasteiger partial charge in [0, 0.05) is 45.7 Å². The summed E-state index contributed by atoms with van der Waals surface area (Å²) in [5.41, 5.74) is 12.7. The zero-order chi connectivity index (χ0) is 27.6. The van der Waals surface area contributed by atoms with Gasteiger partial charge in [-0.1, -0.05) is 48.5 Å². The fourth-order valence-electron chi connectivity index (χ4n) is 5.01. The number of fused-ring (bicyclic) bond motifs is 2. The molecule has 0 aliphatic heterocycles. The third-order valence-corrected chi connectivity index (χ3v) is 8.12. The second kappa shape index (κ2) is 10.7. The van der Waals surface area contributed by atoms with E-state index in [1.807, 2.05) is 79.0 Å². The predicted molar refractivity (Wildman–Crippen MR) is 162 cm³/mol. The van der Waals surface area contributed by atoms with Crippen molar-refractivity contribution in [2.45, 2.75) is 6.42 Å². The van der Waals surface area contributed by atoms with Crippen LogP contribution in [0.4, 0.5) is 5.69 Å². The third kappa shape index (κ3) is 4.63. The van der Waals surface area contributed by atoms with Crippen LogP contribution in [0.25, 0.3) is 43.5 Å². The minimum atomic E-state index is -0.217. The van der Waals surface area contributed by atoms with Crippen LogP contribution in [0.2, 0.25) is 0 Å². The van der Waals surface area contributed by atoms with E-state index in [2.05, 4.69) is 16.4 Å². The van der Waals surface area contributed by atoms with Crippen LogP contribution in [0.5, 0.6) is 11.5 Å². The van der Waals surface area contributed by atoms with Crippen LogP contribution >= 0.6 is 11.3 Å². The maximum atomic E-state index is 13.4. The Balaban J connectivity index is 1.40. The summed E-state index contributed by atoms with van der Waals surface area (Å²) in [6, 6.07) is 25.7.